The van der Waals surface area contributed by atoms with E-state index < -0.39 is 0 Å². The molecule has 0 spiro atoms. The van der Waals surface area contributed by atoms with E-state index in [0.717, 1.165) is 6.54 Å². The maximum Gasteiger partial charge on any atom is 0.330 e. The molecule has 1 heterocycles. The van der Waals surface area contributed by atoms with Gasteiger partial charge >= 0.3 is 5.97 Å². The summed E-state index contributed by atoms with van der Waals surface area (Å²) < 4.78 is 10.7. The number of rotatable bonds is 4. The van der Waals surface area contributed by atoms with Gasteiger partial charge < -0.3 is 20.9 Å². The molecule has 2 unspecified atom stereocenters. The van der Waals surface area contributed by atoms with Gasteiger partial charge in [-0.1, -0.05) is 6.58 Å². The number of morpholine rings is 1. The van der Waals surface area contributed by atoms with Gasteiger partial charge in [-0.25, -0.2) is 4.79 Å². The Morgan fingerprint density at radius 1 is 1.75 bits per heavy atom. The number of carbonyl (C=O) groups excluding carboxylic acids is 1. The van der Waals surface area contributed by atoms with Gasteiger partial charge in [-0.2, -0.15) is 0 Å². The van der Waals surface area contributed by atoms with Crippen LogP contribution in [0.1, 0.15) is 20.3 Å². The molecule has 0 bridgehead atoms. The molecule has 0 saturated carbocycles. The normalized spacial score (nSPS) is 29.0. The van der Waals surface area contributed by atoms with Crippen LogP contribution in [0.15, 0.2) is 12.7 Å². The molecule has 94 valence electrons. The van der Waals surface area contributed by atoms with Crippen LogP contribution >= 0.6 is 0 Å². The first kappa shape index (κ1) is 15.1. The van der Waals surface area contributed by atoms with Crippen LogP contribution in [0.2, 0.25) is 0 Å². The van der Waals surface area contributed by atoms with E-state index in [4.69, 9.17) is 9.47 Å². The summed E-state index contributed by atoms with van der Waals surface area (Å²) >= 11 is 0. The van der Waals surface area contributed by atoms with Crippen LogP contribution in [0.5, 0.6) is 0 Å². The molecule has 2 atom stereocenters. The van der Waals surface area contributed by atoms with Crippen molar-refractivity contribution in [3.8, 4) is 0 Å². The predicted octanol–water partition coefficient (Wildman–Crippen LogP) is 1.03. The van der Waals surface area contributed by atoms with Gasteiger partial charge in [-0.15, -0.1) is 0 Å². The highest BCUT2D eigenvalue weighted by Gasteiger charge is 2.34. The smallest absolute Gasteiger partial charge is 0.330 e. The Labute approximate surface area is 96.8 Å². The van der Waals surface area contributed by atoms with E-state index in [1.54, 1.807) is 0 Å². The van der Waals surface area contributed by atoms with Crippen LogP contribution in [0.4, 0.5) is 0 Å². The zero-order valence-electron chi connectivity index (χ0n) is 10.1. The number of carbonyl (C=O) groups is 1. The lowest BCUT2D eigenvalue weighted by Gasteiger charge is -2.40. The monoisotopic (exact) mass is 230 g/mol. The summed E-state index contributed by atoms with van der Waals surface area (Å²) in [6, 6.07) is 0.272. The SMILES string of the molecule is C=CC(=O)OCCC1(C)OCCNC1C.N. The average Bonchev–Trinajstić information content (AvgIpc) is 2.22. The second-order valence-corrected chi connectivity index (χ2v) is 3.96. The molecule has 0 amide bonds. The fourth-order valence-electron chi connectivity index (χ4n) is 1.60. The van der Waals surface area contributed by atoms with Crippen molar-refractivity contribution in [1.82, 2.24) is 11.5 Å². The molecule has 1 fully saturated rings. The molecule has 5 nitrogen and oxygen atoms in total. The first-order valence-electron chi connectivity index (χ1n) is 5.25. The number of hydrogen-bond donors (Lipinski definition) is 2. The van der Waals surface area contributed by atoms with Gasteiger partial charge in [0.25, 0.3) is 0 Å². The largest absolute Gasteiger partial charge is 0.462 e. The van der Waals surface area contributed by atoms with Crippen molar-refractivity contribution in [3.63, 3.8) is 0 Å². The Kier molecular flexibility index (Phi) is 6.25. The zero-order valence-corrected chi connectivity index (χ0v) is 10.1. The number of esters is 1. The highest BCUT2D eigenvalue weighted by molar-refractivity contribution is 5.81. The van der Waals surface area contributed by atoms with Crippen molar-refractivity contribution in [2.45, 2.75) is 31.9 Å². The third kappa shape index (κ3) is 3.92. The third-order valence-electron chi connectivity index (χ3n) is 2.91. The summed E-state index contributed by atoms with van der Waals surface area (Å²) in [7, 11) is 0. The molecular formula is C11H22N2O3. The number of hydrogen-bond acceptors (Lipinski definition) is 5. The zero-order chi connectivity index (χ0) is 11.3. The average molecular weight is 230 g/mol. The first-order valence-corrected chi connectivity index (χ1v) is 5.25. The van der Waals surface area contributed by atoms with E-state index >= 15 is 0 Å². The van der Waals surface area contributed by atoms with Gasteiger partial charge in [0.15, 0.2) is 0 Å². The summed E-state index contributed by atoms with van der Waals surface area (Å²) in [5.41, 5.74) is -0.250. The maximum atomic E-state index is 10.8. The predicted molar refractivity (Wildman–Crippen MR) is 62.6 cm³/mol. The second-order valence-electron chi connectivity index (χ2n) is 3.96. The van der Waals surface area contributed by atoms with E-state index in [9.17, 15) is 4.79 Å². The summed E-state index contributed by atoms with van der Waals surface area (Å²) in [5.74, 6) is -0.380. The van der Waals surface area contributed by atoms with Crippen LogP contribution in [0.3, 0.4) is 0 Å². The fraction of sp³-hybridized carbons (Fsp3) is 0.727. The quantitative estimate of drug-likeness (QED) is 0.557. The highest BCUT2D eigenvalue weighted by Crippen LogP contribution is 2.22. The van der Waals surface area contributed by atoms with Crippen molar-refractivity contribution in [2.75, 3.05) is 19.8 Å². The summed E-state index contributed by atoms with van der Waals surface area (Å²) in [4.78, 5) is 10.8. The molecule has 1 aliphatic heterocycles. The van der Waals surface area contributed by atoms with E-state index in [-0.39, 0.29) is 23.8 Å². The van der Waals surface area contributed by atoms with E-state index in [2.05, 4.69) is 18.8 Å². The molecule has 1 aliphatic rings. The second kappa shape index (κ2) is 6.62. The first-order chi connectivity index (χ1) is 7.08. The topological polar surface area (TPSA) is 82.6 Å². The third-order valence-corrected chi connectivity index (χ3v) is 2.91. The molecule has 0 aliphatic carbocycles. The summed E-state index contributed by atoms with van der Waals surface area (Å²) in [6.45, 7) is 9.40. The fourth-order valence-corrected chi connectivity index (χ4v) is 1.60. The minimum absolute atomic E-state index is 0. The molecule has 0 radical (unpaired) electrons. The van der Waals surface area contributed by atoms with Gasteiger partial charge in [0.2, 0.25) is 0 Å². The van der Waals surface area contributed by atoms with Crippen LogP contribution < -0.4 is 11.5 Å². The Balaban J connectivity index is 0.00000225. The van der Waals surface area contributed by atoms with Crippen LogP contribution in [0.25, 0.3) is 0 Å². The number of nitrogens with one attached hydrogen (secondary N) is 1. The van der Waals surface area contributed by atoms with E-state index in [0.29, 0.717) is 19.6 Å². The van der Waals surface area contributed by atoms with Crippen molar-refractivity contribution in [2.24, 2.45) is 0 Å². The lowest BCUT2D eigenvalue weighted by Crippen LogP contribution is -2.55. The molecule has 16 heavy (non-hydrogen) atoms. The van der Waals surface area contributed by atoms with Crippen molar-refractivity contribution in [3.05, 3.63) is 12.7 Å². The van der Waals surface area contributed by atoms with Crippen molar-refractivity contribution >= 4 is 5.97 Å². The van der Waals surface area contributed by atoms with Crippen LogP contribution in [-0.2, 0) is 14.3 Å². The van der Waals surface area contributed by atoms with Gasteiger partial charge in [0.1, 0.15) is 0 Å². The molecule has 4 N–H and O–H groups in total. The van der Waals surface area contributed by atoms with Gasteiger partial charge in [0, 0.05) is 25.1 Å². The van der Waals surface area contributed by atoms with Gasteiger partial charge in [0.05, 0.1) is 18.8 Å². The minimum Gasteiger partial charge on any atom is -0.462 e. The molecule has 0 aromatic rings. The molecular weight excluding hydrogens is 208 g/mol. The van der Waals surface area contributed by atoms with Crippen molar-refractivity contribution in [1.29, 1.82) is 0 Å². The van der Waals surface area contributed by atoms with Gasteiger partial charge in [-0.05, 0) is 13.8 Å². The highest BCUT2D eigenvalue weighted by atomic mass is 16.5. The standard InChI is InChI=1S/C11H19NO3.H3N/c1-4-10(13)14-7-5-11(3)9(2)12-6-8-15-11;/h4,9,12H,1,5-8H2,2-3H3;1H3. The summed E-state index contributed by atoms with van der Waals surface area (Å²) in [6.07, 6.45) is 1.87. The lowest BCUT2D eigenvalue weighted by atomic mass is 9.93. The lowest BCUT2D eigenvalue weighted by molar-refractivity contribution is -0.142. The van der Waals surface area contributed by atoms with Crippen LogP contribution in [0, 0.1) is 0 Å². The van der Waals surface area contributed by atoms with Crippen molar-refractivity contribution < 1.29 is 14.3 Å². The molecule has 1 rings (SSSR count). The Hall–Kier alpha value is -0.910. The minimum atomic E-state index is -0.380. The molecule has 0 aromatic carbocycles. The Morgan fingerprint density at radius 2 is 2.44 bits per heavy atom. The molecule has 5 heteroatoms. The number of ether oxygens (including phenoxy) is 2. The molecule has 0 aromatic heterocycles. The van der Waals surface area contributed by atoms with E-state index in [1.165, 1.54) is 6.08 Å². The van der Waals surface area contributed by atoms with Crippen LogP contribution in [-0.4, -0.2) is 37.4 Å². The van der Waals surface area contributed by atoms with E-state index in [1.807, 2.05) is 6.92 Å². The Bertz CT molecular complexity index is 245. The summed E-state index contributed by atoms with van der Waals surface area (Å²) in [5, 5.41) is 3.34. The Morgan fingerprint density at radius 3 is 3.00 bits per heavy atom. The van der Waals surface area contributed by atoms with Gasteiger partial charge in [-0.3, -0.25) is 0 Å². The maximum absolute atomic E-state index is 10.8. The molecule has 1 saturated heterocycles.